The number of nitrogens with two attached hydrogens (primary N) is 1. The van der Waals surface area contributed by atoms with Crippen molar-refractivity contribution in [1.29, 1.82) is 0 Å². The van der Waals surface area contributed by atoms with Crippen molar-refractivity contribution in [1.82, 2.24) is 9.78 Å². The van der Waals surface area contributed by atoms with Crippen LogP contribution in [0.3, 0.4) is 0 Å². The zero-order valence-corrected chi connectivity index (χ0v) is 10.9. The summed E-state index contributed by atoms with van der Waals surface area (Å²) in [5.74, 6) is 0. The summed E-state index contributed by atoms with van der Waals surface area (Å²) in [7, 11) is 0. The highest BCUT2D eigenvalue weighted by Gasteiger charge is 2.14. The number of halogens is 2. The molecule has 2 N–H and O–H groups in total. The monoisotopic (exact) mass is 269 g/mol. The second-order valence-corrected chi connectivity index (χ2v) is 4.63. The molecule has 2 aromatic rings. The molecule has 0 spiro atoms. The van der Waals surface area contributed by atoms with E-state index in [0.29, 0.717) is 10.0 Å². The molecular formula is C12H13Cl2N3. The molecule has 0 saturated heterocycles. The Hall–Kier alpha value is -1.03. The molecule has 1 heterocycles. The molecular weight excluding hydrogens is 257 g/mol. The van der Waals surface area contributed by atoms with Crippen molar-refractivity contribution in [2.75, 3.05) is 0 Å². The van der Waals surface area contributed by atoms with Crippen LogP contribution in [0.2, 0.25) is 10.0 Å². The molecule has 1 atom stereocenters. The van der Waals surface area contributed by atoms with Gasteiger partial charge in [0.15, 0.2) is 0 Å². The summed E-state index contributed by atoms with van der Waals surface area (Å²) in [5.41, 5.74) is 8.03. The van der Waals surface area contributed by atoms with Gasteiger partial charge in [-0.25, -0.2) is 0 Å². The van der Waals surface area contributed by atoms with Crippen molar-refractivity contribution in [3.63, 3.8) is 0 Å². The number of aromatic nitrogens is 2. The van der Waals surface area contributed by atoms with Gasteiger partial charge < -0.3 is 5.73 Å². The number of rotatable bonds is 3. The zero-order chi connectivity index (χ0) is 12.4. The normalized spacial score (nSPS) is 12.7. The van der Waals surface area contributed by atoms with Gasteiger partial charge in [-0.2, -0.15) is 5.10 Å². The Bertz CT molecular complexity index is 502. The topological polar surface area (TPSA) is 43.8 Å². The summed E-state index contributed by atoms with van der Waals surface area (Å²) in [6.45, 7) is 2.80. The van der Waals surface area contributed by atoms with E-state index in [1.54, 1.807) is 12.3 Å². The van der Waals surface area contributed by atoms with Gasteiger partial charge in [0.25, 0.3) is 0 Å². The lowest BCUT2D eigenvalue weighted by Crippen LogP contribution is -2.17. The Balaban J connectivity index is 2.39. The summed E-state index contributed by atoms with van der Waals surface area (Å²) >= 11 is 11.9. The van der Waals surface area contributed by atoms with Gasteiger partial charge in [-0.15, -0.1) is 0 Å². The quantitative estimate of drug-likeness (QED) is 0.930. The van der Waals surface area contributed by atoms with Crippen molar-refractivity contribution in [3.05, 3.63) is 51.8 Å². The molecule has 0 bridgehead atoms. The third-order valence-electron chi connectivity index (χ3n) is 2.61. The summed E-state index contributed by atoms with van der Waals surface area (Å²) in [6, 6.07) is 6.98. The molecule has 2 rings (SSSR count). The van der Waals surface area contributed by atoms with E-state index in [0.717, 1.165) is 17.8 Å². The molecule has 5 heteroatoms. The van der Waals surface area contributed by atoms with E-state index in [-0.39, 0.29) is 6.04 Å². The smallest absolute Gasteiger partial charge is 0.0724 e. The van der Waals surface area contributed by atoms with Crippen LogP contribution in [-0.2, 0) is 6.54 Å². The van der Waals surface area contributed by atoms with Gasteiger partial charge in [0.2, 0.25) is 0 Å². The lowest BCUT2D eigenvalue weighted by molar-refractivity contribution is 0.601. The average molecular weight is 270 g/mol. The van der Waals surface area contributed by atoms with Crippen molar-refractivity contribution >= 4 is 23.2 Å². The molecule has 1 aromatic carbocycles. The Morgan fingerprint density at radius 2 is 1.94 bits per heavy atom. The van der Waals surface area contributed by atoms with Gasteiger partial charge in [-0.3, -0.25) is 4.68 Å². The highest BCUT2D eigenvalue weighted by molar-refractivity contribution is 6.34. The molecule has 0 aliphatic rings. The van der Waals surface area contributed by atoms with Crippen LogP contribution in [0.15, 0.2) is 30.5 Å². The predicted molar refractivity (Wildman–Crippen MR) is 70.4 cm³/mol. The third kappa shape index (κ3) is 2.63. The largest absolute Gasteiger partial charge is 0.319 e. The molecule has 1 aromatic heterocycles. The summed E-state index contributed by atoms with van der Waals surface area (Å²) in [5, 5.41) is 5.37. The molecule has 90 valence electrons. The van der Waals surface area contributed by atoms with E-state index in [1.165, 1.54) is 0 Å². The van der Waals surface area contributed by atoms with E-state index >= 15 is 0 Å². The summed E-state index contributed by atoms with van der Waals surface area (Å²) < 4.78 is 1.86. The van der Waals surface area contributed by atoms with E-state index < -0.39 is 0 Å². The minimum Gasteiger partial charge on any atom is -0.319 e. The Morgan fingerprint density at radius 3 is 2.53 bits per heavy atom. The maximum atomic E-state index is 6.20. The standard InChI is InChI=1S/C12H13Cl2N3/c1-2-17-11(3-4-16-17)12(15)8-5-9(13)7-10(14)6-8/h3-7,12H,2,15H2,1H3. The highest BCUT2D eigenvalue weighted by Crippen LogP contribution is 2.26. The second kappa shape index (κ2) is 5.08. The van der Waals surface area contributed by atoms with Gasteiger partial charge >= 0.3 is 0 Å². The van der Waals surface area contributed by atoms with Crippen molar-refractivity contribution < 1.29 is 0 Å². The maximum Gasteiger partial charge on any atom is 0.0724 e. The van der Waals surface area contributed by atoms with Crippen LogP contribution < -0.4 is 5.73 Å². The fourth-order valence-corrected chi connectivity index (χ4v) is 2.34. The van der Waals surface area contributed by atoms with Crippen molar-refractivity contribution in [2.24, 2.45) is 5.73 Å². The Kier molecular flexibility index (Phi) is 3.72. The van der Waals surface area contributed by atoms with Crippen LogP contribution in [0.4, 0.5) is 0 Å². The number of hydrogen-bond acceptors (Lipinski definition) is 2. The molecule has 0 amide bonds. The van der Waals surface area contributed by atoms with Crippen LogP contribution >= 0.6 is 23.2 Å². The zero-order valence-electron chi connectivity index (χ0n) is 9.40. The summed E-state index contributed by atoms with van der Waals surface area (Å²) in [6.07, 6.45) is 1.74. The van der Waals surface area contributed by atoms with Crippen LogP contribution in [-0.4, -0.2) is 9.78 Å². The first-order chi connectivity index (χ1) is 8.11. The Morgan fingerprint density at radius 1 is 1.29 bits per heavy atom. The van der Waals surface area contributed by atoms with Crippen molar-refractivity contribution in [3.8, 4) is 0 Å². The number of benzene rings is 1. The van der Waals surface area contributed by atoms with Gasteiger partial charge in [0.05, 0.1) is 11.7 Å². The van der Waals surface area contributed by atoms with Gasteiger partial charge in [0.1, 0.15) is 0 Å². The first-order valence-corrected chi connectivity index (χ1v) is 6.10. The van der Waals surface area contributed by atoms with Crippen molar-refractivity contribution in [2.45, 2.75) is 19.5 Å². The van der Waals surface area contributed by atoms with E-state index in [2.05, 4.69) is 5.10 Å². The van der Waals surface area contributed by atoms with Crippen LogP contribution in [0, 0.1) is 0 Å². The lowest BCUT2D eigenvalue weighted by atomic mass is 10.0. The molecule has 0 fully saturated rings. The summed E-state index contributed by atoms with van der Waals surface area (Å²) in [4.78, 5) is 0. The average Bonchev–Trinajstić information content (AvgIpc) is 2.74. The number of nitrogens with zero attached hydrogens (tertiary/aromatic N) is 2. The van der Waals surface area contributed by atoms with E-state index in [4.69, 9.17) is 28.9 Å². The first-order valence-electron chi connectivity index (χ1n) is 5.35. The molecule has 0 aliphatic heterocycles. The Labute approximate surface area is 110 Å². The highest BCUT2D eigenvalue weighted by atomic mass is 35.5. The van der Waals surface area contributed by atoms with Crippen LogP contribution in [0.25, 0.3) is 0 Å². The SMILES string of the molecule is CCn1nccc1C(N)c1cc(Cl)cc(Cl)c1. The minimum atomic E-state index is -0.270. The van der Waals surface area contributed by atoms with E-state index in [1.807, 2.05) is 29.8 Å². The molecule has 17 heavy (non-hydrogen) atoms. The molecule has 0 aliphatic carbocycles. The molecule has 1 unspecified atom stereocenters. The molecule has 0 saturated carbocycles. The fourth-order valence-electron chi connectivity index (χ4n) is 1.80. The van der Waals surface area contributed by atoms with Gasteiger partial charge in [-0.1, -0.05) is 23.2 Å². The van der Waals surface area contributed by atoms with Gasteiger partial charge in [0, 0.05) is 22.8 Å². The molecule has 0 radical (unpaired) electrons. The predicted octanol–water partition coefficient (Wildman–Crippen LogP) is 3.26. The van der Waals surface area contributed by atoms with E-state index in [9.17, 15) is 0 Å². The third-order valence-corrected chi connectivity index (χ3v) is 3.05. The number of hydrogen-bond donors (Lipinski definition) is 1. The lowest BCUT2D eigenvalue weighted by Gasteiger charge is -2.14. The van der Waals surface area contributed by atoms with Gasteiger partial charge in [-0.05, 0) is 36.8 Å². The maximum absolute atomic E-state index is 6.20. The number of aryl methyl sites for hydroxylation is 1. The second-order valence-electron chi connectivity index (χ2n) is 3.75. The van der Waals surface area contributed by atoms with Crippen LogP contribution in [0.1, 0.15) is 24.2 Å². The molecule has 3 nitrogen and oxygen atoms in total. The first kappa shape index (κ1) is 12.4. The fraction of sp³-hybridized carbons (Fsp3) is 0.250. The minimum absolute atomic E-state index is 0.270. The van der Waals surface area contributed by atoms with Crippen LogP contribution in [0.5, 0.6) is 0 Å².